The summed E-state index contributed by atoms with van der Waals surface area (Å²) < 4.78 is 28.8. The number of hydrogen-bond donors (Lipinski definition) is 9. The number of aliphatic hydroxyl groups is 3. The number of carbonyl (C=O) groups excluding carboxylic acids is 1. The third-order valence-electron chi connectivity index (χ3n) is 7.85. The summed E-state index contributed by atoms with van der Waals surface area (Å²) in [6.45, 7) is 1.56. The van der Waals surface area contributed by atoms with Gasteiger partial charge in [-0.1, -0.05) is 12.2 Å². The van der Waals surface area contributed by atoms with Gasteiger partial charge in [-0.15, -0.1) is 0 Å². The second-order valence-electron chi connectivity index (χ2n) is 11.3. The maximum Gasteiger partial charge on any atom is 0.220 e. The van der Waals surface area contributed by atoms with E-state index in [0.29, 0.717) is 51.6 Å². The molecule has 4 aliphatic rings. The maximum absolute atomic E-state index is 12.1. The lowest BCUT2D eigenvalue weighted by atomic mass is 9.89. The van der Waals surface area contributed by atoms with E-state index in [1.807, 2.05) is 6.08 Å². The van der Waals surface area contributed by atoms with Crippen LogP contribution < -0.4 is 34.0 Å². The van der Waals surface area contributed by atoms with Gasteiger partial charge >= 0.3 is 0 Å². The smallest absolute Gasteiger partial charge is 0.220 e. The third-order valence-corrected chi connectivity index (χ3v) is 7.85. The molecule has 3 heterocycles. The number of nitrogens with one attached hydrogen (secondary N) is 1. The van der Waals surface area contributed by atoms with Gasteiger partial charge in [0.15, 0.2) is 12.6 Å². The maximum atomic E-state index is 12.1. The molecule has 0 aromatic rings. The SMILES string of the molecule is NCC1C=CCCO1.NCCCC(=O)NC1CC(N)CC(OC2C[C@H](O[C@H]3O[C@@H](CN)[C@@H](O)C(O)[C@H]3N)C(CO)O2)C1. The number of rotatable bonds is 11. The molecule has 1 aliphatic carbocycles. The second kappa shape index (κ2) is 17.9. The van der Waals surface area contributed by atoms with Gasteiger partial charge in [0, 0.05) is 38.0 Å². The van der Waals surface area contributed by atoms with Crippen LogP contribution >= 0.6 is 0 Å². The van der Waals surface area contributed by atoms with E-state index in [2.05, 4.69) is 11.4 Å². The molecule has 7 unspecified atom stereocenters. The average Bonchev–Trinajstić information content (AvgIpc) is 3.37. The fraction of sp³-hybridized carbons (Fsp3) is 0.889. The molecule has 15 heteroatoms. The van der Waals surface area contributed by atoms with E-state index in [1.165, 1.54) is 0 Å². The van der Waals surface area contributed by atoms with Crippen LogP contribution in [0.1, 0.15) is 44.9 Å². The van der Waals surface area contributed by atoms with Crippen molar-refractivity contribution in [3.63, 3.8) is 0 Å². The van der Waals surface area contributed by atoms with Crippen LogP contribution in [0.3, 0.4) is 0 Å². The first kappa shape index (κ1) is 35.2. The van der Waals surface area contributed by atoms with Gasteiger partial charge < -0.3 is 73.0 Å². The summed E-state index contributed by atoms with van der Waals surface area (Å²) in [5.74, 6) is -0.0545. The molecule has 0 spiro atoms. The van der Waals surface area contributed by atoms with Crippen molar-refractivity contribution in [1.29, 1.82) is 0 Å². The molecule has 3 aliphatic heterocycles. The number of hydrogen-bond acceptors (Lipinski definition) is 14. The van der Waals surface area contributed by atoms with Crippen molar-refractivity contribution >= 4 is 5.91 Å². The van der Waals surface area contributed by atoms with Crippen LogP contribution in [0.4, 0.5) is 0 Å². The number of aliphatic hydroxyl groups excluding tert-OH is 3. The lowest BCUT2D eigenvalue weighted by Crippen LogP contribution is -2.63. The Morgan fingerprint density at radius 1 is 0.976 bits per heavy atom. The highest BCUT2D eigenvalue weighted by Gasteiger charge is 2.46. The molecule has 0 bridgehead atoms. The summed E-state index contributed by atoms with van der Waals surface area (Å²) in [6, 6.07) is -1.23. The van der Waals surface area contributed by atoms with Gasteiger partial charge in [0.1, 0.15) is 24.4 Å². The minimum Gasteiger partial charge on any atom is -0.394 e. The quantitative estimate of drug-likeness (QED) is 0.104. The molecule has 14 N–H and O–H groups in total. The molecule has 15 nitrogen and oxygen atoms in total. The first-order valence-electron chi connectivity index (χ1n) is 15.0. The van der Waals surface area contributed by atoms with E-state index in [0.717, 1.165) is 13.0 Å². The van der Waals surface area contributed by atoms with Crippen molar-refractivity contribution in [3.05, 3.63) is 12.2 Å². The Balaban J connectivity index is 0.000000521. The van der Waals surface area contributed by atoms with Crippen LogP contribution in [0.15, 0.2) is 12.2 Å². The molecule has 4 rings (SSSR count). The normalized spacial score (nSPS) is 40.3. The highest BCUT2D eigenvalue weighted by molar-refractivity contribution is 5.76. The topological polar surface area (TPSA) is 266 Å². The number of amides is 1. The molecule has 0 radical (unpaired) electrons. The minimum absolute atomic E-state index is 0.0208. The van der Waals surface area contributed by atoms with Crippen LogP contribution in [-0.2, 0) is 28.5 Å². The molecule has 244 valence electrons. The Labute approximate surface area is 247 Å². The van der Waals surface area contributed by atoms with Crippen LogP contribution in [0.5, 0.6) is 0 Å². The van der Waals surface area contributed by atoms with E-state index in [1.54, 1.807) is 0 Å². The molecular formula is C27H52N6O9. The molecule has 1 amide bonds. The minimum atomic E-state index is -1.27. The van der Waals surface area contributed by atoms with Gasteiger partial charge in [-0.2, -0.15) is 0 Å². The molecule has 1 saturated carbocycles. The van der Waals surface area contributed by atoms with Gasteiger partial charge in [-0.25, -0.2) is 0 Å². The highest BCUT2D eigenvalue weighted by Crippen LogP contribution is 2.31. The fourth-order valence-electron chi connectivity index (χ4n) is 5.57. The second-order valence-corrected chi connectivity index (χ2v) is 11.3. The molecule has 2 saturated heterocycles. The Bertz CT molecular complexity index is 827. The van der Waals surface area contributed by atoms with Gasteiger partial charge in [0.2, 0.25) is 5.91 Å². The van der Waals surface area contributed by atoms with Crippen LogP contribution in [0.2, 0.25) is 0 Å². The molecule has 42 heavy (non-hydrogen) atoms. The summed E-state index contributed by atoms with van der Waals surface area (Å²) in [4.78, 5) is 12.1. The summed E-state index contributed by atoms with van der Waals surface area (Å²) in [5, 5.41) is 33.0. The summed E-state index contributed by atoms with van der Waals surface area (Å²) in [6.07, 6.45) is 1.96. The first-order valence-corrected chi connectivity index (χ1v) is 15.0. The van der Waals surface area contributed by atoms with E-state index in [9.17, 15) is 20.1 Å². The van der Waals surface area contributed by atoms with Crippen LogP contribution in [0.25, 0.3) is 0 Å². The van der Waals surface area contributed by atoms with Crippen molar-refractivity contribution in [2.75, 3.05) is 32.8 Å². The van der Waals surface area contributed by atoms with E-state index >= 15 is 0 Å². The van der Waals surface area contributed by atoms with E-state index in [4.69, 9.17) is 52.4 Å². The molecule has 12 atom stereocenters. The summed E-state index contributed by atoms with van der Waals surface area (Å²) in [7, 11) is 0. The lowest BCUT2D eigenvalue weighted by Gasteiger charge is -2.41. The molecule has 3 fully saturated rings. The van der Waals surface area contributed by atoms with Crippen LogP contribution in [0, 0.1) is 0 Å². The zero-order valence-corrected chi connectivity index (χ0v) is 24.2. The zero-order chi connectivity index (χ0) is 30.6. The summed E-state index contributed by atoms with van der Waals surface area (Å²) in [5.41, 5.74) is 28.6. The number of carbonyl (C=O) groups is 1. The van der Waals surface area contributed by atoms with Gasteiger partial charge in [-0.05, 0) is 38.6 Å². The van der Waals surface area contributed by atoms with Crippen molar-refractivity contribution < 1.29 is 43.8 Å². The standard InChI is InChI=1S/C21H41N5O8.C6H11NO/c22-3-1-2-16(28)26-11-4-10(24)5-12(6-11)31-17-7-13(15(9-27)32-17)33-21-18(25)20(30)19(29)14(8-23)34-21;7-5-6-3-1-2-4-8-6/h10-15,17-21,27,29-30H,1-9,22-25H2,(H,26,28);1,3,6H,2,4-5,7H2/t10?,11?,12?,13-,14-,15?,17?,18+,19+,20?,21-;/m0./s1. The lowest BCUT2D eigenvalue weighted by molar-refractivity contribution is -0.274. The third kappa shape index (κ3) is 10.4. The zero-order valence-electron chi connectivity index (χ0n) is 24.2. The monoisotopic (exact) mass is 604 g/mol. The molecule has 0 aromatic heterocycles. The van der Waals surface area contributed by atoms with Gasteiger partial charge in [-0.3, -0.25) is 4.79 Å². The highest BCUT2D eigenvalue weighted by atomic mass is 16.7. The largest absolute Gasteiger partial charge is 0.394 e. The molecule has 0 aromatic carbocycles. The van der Waals surface area contributed by atoms with Crippen molar-refractivity contribution in [2.24, 2.45) is 28.7 Å². The van der Waals surface area contributed by atoms with Crippen LogP contribution in [-0.4, -0.2) is 128 Å². The first-order chi connectivity index (χ1) is 20.2. The predicted molar refractivity (Wildman–Crippen MR) is 152 cm³/mol. The summed E-state index contributed by atoms with van der Waals surface area (Å²) >= 11 is 0. The van der Waals surface area contributed by atoms with E-state index in [-0.39, 0.29) is 43.4 Å². The fourth-order valence-corrected chi connectivity index (χ4v) is 5.57. The average molecular weight is 605 g/mol. The van der Waals surface area contributed by atoms with Crippen molar-refractivity contribution in [1.82, 2.24) is 5.32 Å². The van der Waals surface area contributed by atoms with Crippen molar-refractivity contribution in [2.45, 2.75) is 118 Å². The Morgan fingerprint density at radius 3 is 2.38 bits per heavy atom. The number of ether oxygens (including phenoxy) is 5. The Morgan fingerprint density at radius 2 is 1.76 bits per heavy atom. The number of nitrogens with two attached hydrogens (primary N) is 5. The Hall–Kier alpha value is -1.31. The van der Waals surface area contributed by atoms with Gasteiger partial charge in [0.25, 0.3) is 0 Å². The van der Waals surface area contributed by atoms with Gasteiger partial charge in [0.05, 0.1) is 37.6 Å². The van der Waals surface area contributed by atoms with E-state index < -0.39 is 49.1 Å². The Kier molecular flexibility index (Phi) is 14.9. The van der Waals surface area contributed by atoms with Crippen molar-refractivity contribution in [3.8, 4) is 0 Å². The molecular weight excluding hydrogens is 552 g/mol. The predicted octanol–water partition coefficient (Wildman–Crippen LogP) is -3.38.